The van der Waals surface area contributed by atoms with E-state index in [4.69, 9.17) is 9.84 Å². The molecular weight excluding hydrogens is 492 g/mol. The highest BCUT2D eigenvalue weighted by Crippen LogP contribution is 2.58. The average molecular weight is 529 g/mol. The van der Waals surface area contributed by atoms with Gasteiger partial charge in [-0.15, -0.1) is 5.10 Å². The number of benzene rings is 1. The van der Waals surface area contributed by atoms with Gasteiger partial charge >= 0.3 is 0 Å². The molecule has 5 rings (SSSR count). The fourth-order valence-corrected chi connectivity index (χ4v) is 8.92. The summed E-state index contributed by atoms with van der Waals surface area (Å²) >= 11 is 0. The van der Waals surface area contributed by atoms with Gasteiger partial charge in [0.1, 0.15) is 0 Å². The number of nitrogens with zero attached hydrogens (tertiary/aromatic N) is 3. The lowest BCUT2D eigenvalue weighted by Crippen LogP contribution is -2.43. The van der Waals surface area contributed by atoms with Crippen molar-refractivity contribution in [2.75, 3.05) is 23.8 Å². The van der Waals surface area contributed by atoms with Crippen molar-refractivity contribution in [2.24, 2.45) is 5.92 Å². The third-order valence-corrected chi connectivity index (χ3v) is 10.5. The molecule has 2 amide bonds. The lowest BCUT2D eigenvalue weighted by molar-refractivity contribution is -0.143. The summed E-state index contributed by atoms with van der Waals surface area (Å²) in [5, 5.41) is 26.5. The van der Waals surface area contributed by atoms with Gasteiger partial charge < -0.3 is 30.6 Å². The molecule has 3 aliphatic heterocycles. The Labute approximate surface area is 217 Å². The summed E-state index contributed by atoms with van der Waals surface area (Å²) in [6, 6.07) is 5.21. The first-order chi connectivity index (χ1) is 17.6. The Balaban J connectivity index is 1.42. The molecule has 200 valence electrons. The van der Waals surface area contributed by atoms with Gasteiger partial charge in [0.15, 0.2) is 13.9 Å². The summed E-state index contributed by atoms with van der Waals surface area (Å²) in [7, 11) is -2.76. The van der Waals surface area contributed by atoms with E-state index in [0.717, 1.165) is 19.4 Å². The molecule has 4 heterocycles. The van der Waals surface area contributed by atoms with E-state index in [-0.39, 0.29) is 42.0 Å². The van der Waals surface area contributed by atoms with Crippen LogP contribution in [0.25, 0.3) is 0 Å². The first kappa shape index (κ1) is 26.0. The molecule has 1 aromatic heterocycles. The van der Waals surface area contributed by atoms with E-state index >= 15 is 0 Å². The minimum atomic E-state index is -2.76. The van der Waals surface area contributed by atoms with E-state index < -0.39 is 13.9 Å². The number of rotatable bonds is 8. The van der Waals surface area contributed by atoms with Crippen molar-refractivity contribution in [1.29, 1.82) is 0 Å². The van der Waals surface area contributed by atoms with E-state index in [0.29, 0.717) is 42.0 Å². The number of aromatic nitrogens is 3. The molecule has 3 aliphatic rings. The summed E-state index contributed by atoms with van der Waals surface area (Å²) in [6.07, 6.45) is 4.18. The number of hydrogen-bond donors (Lipinski definition) is 5. The first-order valence-electron chi connectivity index (χ1n) is 13.0. The topological polar surface area (TPSA) is 151 Å². The molecule has 5 atom stereocenters. The van der Waals surface area contributed by atoms with Crippen molar-refractivity contribution < 1.29 is 24.2 Å². The molecular formula is C25H36N6O5Si. The minimum absolute atomic E-state index is 0.00493. The maximum atomic E-state index is 13.5. The van der Waals surface area contributed by atoms with Gasteiger partial charge in [-0.3, -0.25) is 14.3 Å². The predicted octanol–water partition coefficient (Wildman–Crippen LogP) is 1.34. The van der Waals surface area contributed by atoms with Crippen LogP contribution in [0.2, 0.25) is 18.6 Å². The van der Waals surface area contributed by atoms with E-state index in [2.05, 4.69) is 26.3 Å². The minimum Gasteiger partial charge on any atom is -0.432 e. The number of amides is 2. The van der Waals surface area contributed by atoms with Crippen molar-refractivity contribution in [3.8, 4) is 0 Å². The van der Waals surface area contributed by atoms with E-state index in [9.17, 15) is 14.4 Å². The molecule has 1 spiro atoms. The Morgan fingerprint density at radius 2 is 2.19 bits per heavy atom. The van der Waals surface area contributed by atoms with Gasteiger partial charge in [0.05, 0.1) is 17.8 Å². The number of hydrogen-bond acceptors (Lipinski definition) is 8. The number of fused-ring (bicyclic) bond motifs is 2. The summed E-state index contributed by atoms with van der Waals surface area (Å²) in [4.78, 5) is 37.5. The molecule has 11 nitrogen and oxygen atoms in total. The van der Waals surface area contributed by atoms with Crippen LogP contribution in [0.4, 0.5) is 11.4 Å². The van der Waals surface area contributed by atoms with Crippen molar-refractivity contribution in [3.63, 3.8) is 0 Å². The average Bonchev–Trinajstić information content (AvgIpc) is 3.61. The van der Waals surface area contributed by atoms with E-state index in [1.54, 1.807) is 23.0 Å². The number of nitrogens with one attached hydrogen (secondary N) is 3. The molecule has 0 unspecified atom stereocenters. The Hall–Kier alpha value is -2.64. The Morgan fingerprint density at radius 3 is 2.89 bits per heavy atom. The zero-order valence-electron chi connectivity index (χ0n) is 21.5. The van der Waals surface area contributed by atoms with Crippen LogP contribution in [0.1, 0.15) is 37.4 Å². The highest BCUT2D eigenvalue weighted by atomic mass is 28.4. The second-order valence-electron chi connectivity index (χ2n) is 10.9. The molecule has 2 aromatic rings. The summed E-state index contributed by atoms with van der Waals surface area (Å²) in [5.41, 5.74) is 1.22. The van der Waals surface area contributed by atoms with Gasteiger partial charge in [-0.2, -0.15) is 0 Å². The molecule has 5 N–H and O–H groups in total. The van der Waals surface area contributed by atoms with Crippen LogP contribution < -0.4 is 16.0 Å². The third-order valence-electron chi connectivity index (χ3n) is 7.98. The highest BCUT2D eigenvalue weighted by Gasteiger charge is 2.64. The monoisotopic (exact) mass is 528 g/mol. The molecule has 0 radical (unpaired) electrons. The zero-order chi connectivity index (χ0) is 26.4. The number of aliphatic hydroxyl groups excluding tert-OH is 1. The number of carbonyl (C=O) groups is 2. The standard InChI is InChI=1S/C25H36N6O5Si/c1-15-22(37(2,3)35)21(8-11-31-14-17(9-12-32)29-30-31)36-25(15)18-13-16(6-7-19(18)28-24(25)34)27-23(33)20-5-4-10-26-20/h6-7,13-15,20-22,26,32,35H,4-5,8-12H2,1-3H3,(H,27,33)(H,28,34)/t15-,20-,21+,22-,25+/m1/s1. The van der Waals surface area contributed by atoms with E-state index in [1.807, 2.05) is 26.1 Å². The number of carbonyl (C=O) groups excluding carboxylic acids is 2. The SMILES string of the molecule is C[C@@H]1[C@@H]([Si](C)(C)O)[C@H](CCn2cc(CCO)nn2)O[C@@]12C(=O)Nc1ccc(NC(=O)[C@H]3CCCN3)cc12. The molecule has 2 fully saturated rings. The molecule has 12 heteroatoms. The number of anilines is 2. The van der Waals surface area contributed by atoms with Crippen LogP contribution in [0.15, 0.2) is 24.4 Å². The van der Waals surface area contributed by atoms with Crippen LogP contribution in [0, 0.1) is 5.92 Å². The predicted molar refractivity (Wildman–Crippen MR) is 139 cm³/mol. The van der Waals surface area contributed by atoms with Crippen molar-refractivity contribution in [1.82, 2.24) is 20.3 Å². The maximum absolute atomic E-state index is 13.5. The second kappa shape index (κ2) is 9.91. The fraction of sp³-hybridized carbons (Fsp3) is 0.600. The quantitative estimate of drug-likeness (QED) is 0.322. The Kier molecular flexibility index (Phi) is 6.96. The molecule has 1 aromatic carbocycles. The fourth-order valence-electron chi connectivity index (χ4n) is 6.32. The maximum Gasteiger partial charge on any atom is 0.261 e. The first-order valence-corrected chi connectivity index (χ1v) is 16.1. The smallest absolute Gasteiger partial charge is 0.261 e. The van der Waals surface area contributed by atoms with Crippen LogP contribution >= 0.6 is 0 Å². The summed E-state index contributed by atoms with van der Waals surface area (Å²) in [6.45, 7) is 7.09. The molecule has 0 aliphatic carbocycles. The Bertz CT molecular complexity index is 1180. The van der Waals surface area contributed by atoms with Crippen LogP contribution in [-0.2, 0) is 32.9 Å². The third kappa shape index (κ3) is 4.72. The van der Waals surface area contributed by atoms with Gasteiger partial charge in [0.2, 0.25) is 5.91 Å². The van der Waals surface area contributed by atoms with Crippen molar-refractivity contribution >= 4 is 31.5 Å². The molecule has 2 saturated heterocycles. The van der Waals surface area contributed by atoms with Gasteiger partial charge in [-0.1, -0.05) is 12.1 Å². The van der Waals surface area contributed by atoms with Gasteiger partial charge in [-0.25, -0.2) is 0 Å². The van der Waals surface area contributed by atoms with Crippen molar-refractivity contribution in [2.45, 2.75) is 75.5 Å². The van der Waals surface area contributed by atoms with Crippen LogP contribution in [0.3, 0.4) is 0 Å². The van der Waals surface area contributed by atoms with Gasteiger partial charge in [0.25, 0.3) is 5.91 Å². The lowest BCUT2D eigenvalue weighted by atomic mass is 9.82. The molecule has 0 bridgehead atoms. The molecule has 0 saturated carbocycles. The lowest BCUT2D eigenvalue weighted by Gasteiger charge is -2.32. The number of aliphatic hydroxyl groups is 1. The highest BCUT2D eigenvalue weighted by molar-refractivity contribution is 6.71. The van der Waals surface area contributed by atoms with E-state index in [1.165, 1.54) is 0 Å². The molecule has 37 heavy (non-hydrogen) atoms. The number of ether oxygens (including phenoxy) is 1. The number of aryl methyl sites for hydroxylation is 1. The Morgan fingerprint density at radius 1 is 1.38 bits per heavy atom. The van der Waals surface area contributed by atoms with Crippen LogP contribution in [-0.4, -0.2) is 70.3 Å². The zero-order valence-corrected chi connectivity index (χ0v) is 22.5. The van der Waals surface area contributed by atoms with Gasteiger partial charge in [-0.05, 0) is 57.1 Å². The van der Waals surface area contributed by atoms with Gasteiger partial charge in [0, 0.05) is 54.2 Å². The normalized spacial score (nSPS) is 29.1. The second-order valence-corrected chi connectivity index (χ2v) is 14.9. The van der Waals surface area contributed by atoms with Crippen LogP contribution in [0.5, 0.6) is 0 Å². The van der Waals surface area contributed by atoms with Crippen molar-refractivity contribution in [3.05, 3.63) is 35.7 Å². The summed E-state index contributed by atoms with van der Waals surface area (Å²) in [5.74, 6) is -0.613. The summed E-state index contributed by atoms with van der Waals surface area (Å²) < 4.78 is 8.38. The largest absolute Gasteiger partial charge is 0.432 e.